The molecule has 2 fully saturated rings. The number of nitrogens with one attached hydrogen (secondary N) is 2. The van der Waals surface area contributed by atoms with Gasteiger partial charge < -0.3 is 10.2 Å². The van der Waals surface area contributed by atoms with E-state index < -0.39 is 41.8 Å². The molecule has 1 saturated carbocycles. The van der Waals surface area contributed by atoms with Crippen molar-refractivity contribution >= 4 is 17.4 Å². The highest BCUT2D eigenvalue weighted by atomic mass is 19.4. The second-order valence-electron chi connectivity index (χ2n) is 11.2. The topological polar surface area (TPSA) is 104 Å². The van der Waals surface area contributed by atoms with Crippen molar-refractivity contribution in [3.05, 3.63) is 54.1 Å². The van der Waals surface area contributed by atoms with Gasteiger partial charge in [-0.1, -0.05) is 36.4 Å². The van der Waals surface area contributed by atoms with Crippen molar-refractivity contribution in [3.8, 4) is 23.4 Å². The Bertz CT molecular complexity index is 1350. The molecule has 2 aliphatic rings. The van der Waals surface area contributed by atoms with Crippen LogP contribution in [0.2, 0.25) is 0 Å². The van der Waals surface area contributed by atoms with Crippen LogP contribution in [0.5, 0.6) is 0 Å². The number of nitrogens with zero attached hydrogens (tertiary/aromatic N) is 4. The summed E-state index contributed by atoms with van der Waals surface area (Å²) >= 11 is 0. The molecule has 2 N–H and O–H groups in total. The van der Waals surface area contributed by atoms with E-state index >= 15 is 0 Å². The fraction of sp³-hybridized carbons (Fsp3) is 0.467. The zero-order chi connectivity index (χ0) is 29.8. The van der Waals surface area contributed by atoms with Gasteiger partial charge in [0.25, 0.3) is 0 Å². The highest BCUT2D eigenvalue weighted by molar-refractivity contribution is 5.99. The third-order valence-corrected chi connectivity index (χ3v) is 7.31. The molecule has 4 rings (SSSR count). The van der Waals surface area contributed by atoms with E-state index in [9.17, 15) is 27.6 Å². The average molecular weight is 569 g/mol. The first-order valence-corrected chi connectivity index (χ1v) is 13.5. The van der Waals surface area contributed by atoms with Crippen LogP contribution < -0.4 is 15.5 Å². The fourth-order valence-electron chi connectivity index (χ4n) is 4.98. The fourth-order valence-corrected chi connectivity index (χ4v) is 4.98. The van der Waals surface area contributed by atoms with Crippen molar-refractivity contribution in [1.82, 2.24) is 10.6 Å². The van der Waals surface area contributed by atoms with Crippen molar-refractivity contribution in [1.29, 1.82) is 10.5 Å². The molecular weight excluding hydrogens is 536 g/mol. The summed E-state index contributed by atoms with van der Waals surface area (Å²) in [5.41, 5.74) is -0.797. The van der Waals surface area contributed by atoms with Crippen LogP contribution in [0.25, 0.3) is 11.1 Å². The number of aliphatic imine (C=N–C) groups is 1. The molecule has 0 unspecified atom stereocenters. The lowest BCUT2D eigenvalue weighted by Crippen LogP contribution is -2.53. The standard InChI is InChI=1S/C30H32F4N6O/c1-28(2,31)17-24(27(41)39-29(18-35)14-15-29)38-26(30(32,33)34)22-8-6-20(7-9-22)21-10-12-23(13-11-21)40-16-4-3-5-25(40)37-19-36/h6-13,24,26,38H,3-5,14-17H2,1-2H3,(H,39,41)/b37-25+/t24-,26-/m0/s1. The predicted molar refractivity (Wildman–Crippen MR) is 147 cm³/mol. The number of carbonyl (C=O) groups is 1. The van der Waals surface area contributed by atoms with Gasteiger partial charge in [0.05, 0.1) is 12.1 Å². The van der Waals surface area contributed by atoms with Gasteiger partial charge in [-0.05, 0) is 68.4 Å². The first-order chi connectivity index (χ1) is 19.3. The Balaban J connectivity index is 1.54. The van der Waals surface area contributed by atoms with Gasteiger partial charge in [0.15, 0.2) is 0 Å². The number of amidine groups is 1. The molecular formula is C30H32F4N6O. The Kier molecular flexibility index (Phi) is 8.69. The number of rotatable bonds is 9. The molecule has 1 aliphatic heterocycles. The molecule has 7 nitrogen and oxygen atoms in total. The molecule has 0 aromatic heterocycles. The average Bonchev–Trinajstić information content (AvgIpc) is 3.70. The van der Waals surface area contributed by atoms with E-state index in [1.165, 1.54) is 26.0 Å². The van der Waals surface area contributed by atoms with Gasteiger partial charge in [0.2, 0.25) is 12.1 Å². The van der Waals surface area contributed by atoms with E-state index in [1.54, 1.807) is 12.1 Å². The van der Waals surface area contributed by atoms with Gasteiger partial charge >= 0.3 is 6.18 Å². The number of nitriles is 2. The smallest absolute Gasteiger partial charge is 0.336 e. The number of amides is 1. The van der Waals surface area contributed by atoms with E-state index in [1.807, 2.05) is 41.4 Å². The molecule has 1 heterocycles. The van der Waals surface area contributed by atoms with Crippen molar-refractivity contribution in [3.63, 3.8) is 0 Å². The molecule has 0 bridgehead atoms. The first-order valence-electron chi connectivity index (χ1n) is 13.5. The van der Waals surface area contributed by atoms with Crippen LogP contribution in [0.3, 0.4) is 0 Å². The number of halogens is 4. The Morgan fingerprint density at radius 2 is 1.63 bits per heavy atom. The highest BCUT2D eigenvalue weighted by Gasteiger charge is 2.48. The molecule has 2 atom stereocenters. The minimum atomic E-state index is -4.77. The summed E-state index contributed by atoms with van der Waals surface area (Å²) in [4.78, 5) is 18.8. The van der Waals surface area contributed by atoms with E-state index in [-0.39, 0.29) is 5.56 Å². The van der Waals surface area contributed by atoms with Crippen molar-refractivity contribution < 1.29 is 22.4 Å². The molecule has 2 aromatic carbocycles. The number of alkyl halides is 4. The lowest BCUT2D eigenvalue weighted by atomic mass is 9.96. The van der Waals surface area contributed by atoms with Gasteiger partial charge in [-0.25, -0.2) is 4.39 Å². The number of benzene rings is 2. The summed E-state index contributed by atoms with van der Waals surface area (Å²) in [5.74, 6) is -0.123. The largest absolute Gasteiger partial charge is 0.407 e. The number of hydrogen-bond donors (Lipinski definition) is 2. The van der Waals surface area contributed by atoms with Crippen LogP contribution in [-0.2, 0) is 4.79 Å². The van der Waals surface area contributed by atoms with Gasteiger partial charge in [-0.15, -0.1) is 0 Å². The summed E-state index contributed by atoms with van der Waals surface area (Å²) in [6, 6.07) is 11.5. The number of hydrogen-bond acceptors (Lipinski definition) is 5. The molecule has 1 saturated heterocycles. The highest BCUT2D eigenvalue weighted by Crippen LogP contribution is 2.37. The number of anilines is 1. The summed E-state index contributed by atoms with van der Waals surface area (Å²) in [6.07, 6.45) is 0.0389. The van der Waals surface area contributed by atoms with Crippen LogP contribution in [-0.4, -0.2) is 41.7 Å². The Labute approximate surface area is 236 Å². The maximum Gasteiger partial charge on any atom is 0.407 e. The molecule has 11 heteroatoms. The van der Waals surface area contributed by atoms with Gasteiger partial charge in [0, 0.05) is 25.1 Å². The van der Waals surface area contributed by atoms with Crippen molar-refractivity contribution in [2.24, 2.45) is 4.99 Å². The molecule has 0 spiro atoms. The second kappa shape index (κ2) is 11.9. The Morgan fingerprint density at radius 1 is 1.02 bits per heavy atom. The lowest BCUT2D eigenvalue weighted by molar-refractivity contribution is -0.161. The SMILES string of the molecule is CC(C)(F)C[C@H](N[C@@H](c1ccc(-c2ccc(N3CCCC/C3=N\C#N)cc2)cc1)C(F)(F)F)C(=O)NC1(C#N)CC1. The normalized spacial score (nSPS) is 19.1. The monoisotopic (exact) mass is 568 g/mol. The van der Waals surface area contributed by atoms with Gasteiger partial charge in [0.1, 0.15) is 23.1 Å². The number of piperidine rings is 1. The summed E-state index contributed by atoms with van der Waals surface area (Å²) in [6.45, 7) is 3.13. The van der Waals surface area contributed by atoms with E-state index in [0.717, 1.165) is 37.1 Å². The predicted octanol–water partition coefficient (Wildman–Crippen LogP) is 6.10. The van der Waals surface area contributed by atoms with Crippen LogP contribution >= 0.6 is 0 Å². The molecule has 41 heavy (non-hydrogen) atoms. The maximum atomic E-state index is 14.5. The van der Waals surface area contributed by atoms with Crippen molar-refractivity contribution in [2.45, 2.75) is 81.8 Å². The molecule has 0 radical (unpaired) electrons. The third kappa shape index (κ3) is 7.62. The van der Waals surface area contributed by atoms with Gasteiger partial charge in [-0.3, -0.25) is 10.1 Å². The molecule has 2 aromatic rings. The minimum Gasteiger partial charge on any atom is -0.336 e. The zero-order valence-electron chi connectivity index (χ0n) is 22.9. The van der Waals surface area contributed by atoms with Crippen molar-refractivity contribution in [2.75, 3.05) is 11.4 Å². The van der Waals surface area contributed by atoms with E-state index in [0.29, 0.717) is 24.2 Å². The summed E-state index contributed by atoms with van der Waals surface area (Å²) < 4.78 is 57.2. The number of carbonyl (C=O) groups excluding carboxylic acids is 1. The van der Waals surface area contributed by atoms with Gasteiger partial charge in [-0.2, -0.15) is 28.7 Å². The first kappa shape index (κ1) is 30.0. The van der Waals surface area contributed by atoms with E-state index in [4.69, 9.17) is 5.26 Å². The van der Waals surface area contributed by atoms with Crippen LogP contribution in [0.1, 0.15) is 64.0 Å². The second-order valence-corrected chi connectivity index (χ2v) is 11.2. The quantitative estimate of drug-likeness (QED) is 0.281. The minimum absolute atomic E-state index is 0.126. The zero-order valence-corrected chi connectivity index (χ0v) is 22.9. The van der Waals surface area contributed by atoms with Crippen LogP contribution in [0.15, 0.2) is 53.5 Å². The summed E-state index contributed by atoms with van der Waals surface area (Å²) in [7, 11) is 0. The third-order valence-electron chi connectivity index (χ3n) is 7.31. The molecule has 216 valence electrons. The van der Waals surface area contributed by atoms with Crippen LogP contribution in [0.4, 0.5) is 23.2 Å². The Morgan fingerprint density at radius 3 is 2.15 bits per heavy atom. The molecule has 1 amide bonds. The maximum absolute atomic E-state index is 14.5. The molecule has 1 aliphatic carbocycles. The lowest BCUT2D eigenvalue weighted by Gasteiger charge is -2.30. The Hall–Kier alpha value is -3.96. The summed E-state index contributed by atoms with van der Waals surface area (Å²) in [5, 5.41) is 23.1. The van der Waals surface area contributed by atoms with Crippen LogP contribution in [0, 0.1) is 22.8 Å². The van der Waals surface area contributed by atoms with E-state index in [2.05, 4.69) is 15.6 Å².